The van der Waals surface area contributed by atoms with Crippen LogP contribution in [0, 0.1) is 11.8 Å². The number of piperidine rings is 1. The van der Waals surface area contributed by atoms with Crippen LogP contribution < -0.4 is 10.6 Å². The van der Waals surface area contributed by atoms with Gasteiger partial charge in [0.2, 0.25) is 11.8 Å². The van der Waals surface area contributed by atoms with E-state index in [4.69, 9.17) is 0 Å². The first kappa shape index (κ1) is 18.5. The van der Waals surface area contributed by atoms with E-state index >= 15 is 0 Å². The summed E-state index contributed by atoms with van der Waals surface area (Å²) in [6, 6.07) is 7.73. The number of rotatable bonds is 6. The molecule has 5 heteroatoms. The summed E-state index contributed by atoms with van der Waals surface area (Å²) in [7, 11) is 0. The van der Waals surface area contributed by atoms with E-state index in [-0.39, 0.29) is 18.4 Å². The number of benzene rings is 1. The molecule has 0 aromatic heterocycles. The monoisotopic (exact) mass is 331 g/mol. The number of nitrogens with one attached hydrogen (secondary N) is 2. The van der Waals surface area contributed by atoms with Crippen LogP contribution in [-0.2, 0) is 16.0 Å². The van der Waals surface area contributed by atoms with E-state index in [9.17, 15) is 9.59 Å². The molecule has 2 atom stereocenters. The maximum Gasteiger partial charge on any atom is 0.243 e. The number of para-hydroxylation sites is 1. The molecule has 0 unspecified atom stereocenters. The third kappa shape index (κ3) is 5.64. The van der Waals surface area contributed by atoms with Gasteiger partial charge >= 0.3 is 0 Å². The molecule has 2 rings (SSSR count). The molecule has 24 heavy (non-hydrogen) atoms. The third-order valence-corrected chi connectivity index (χ3v) is 4.43. The largest absolute Gasteiger partial charge is 0.346 e. The van der Waals surface area contributed by atoms with Crippen LogP contribution in [0.15, 0.2) is 24.3 Å². The van der Waals surface area contributed by atoms with Gasteiger partial charge in [0, 0.05) is 18.8 Å². The number of likely N-dealkylation sites (tertiary alicyclic amines) is 1. The Kier molecular flexibility index (Phi) is 6.79. The molecule has 1 aliphatic rings. The van der Waals surface area contributed by atoms with Crippen LogP contribution in [0.2, 0.25) is 0 Å². The summed E-state index contributed by atoms with van der Waals surface area (Å²) in [5.41, 5.74) is 1.91. The Hall–Kier alpha value is -1.88. The number of anilines is 1. The molecule has 1 aromatic carbocycles. The number of hydrogen-bond donors (Lipinski definition) is 2. The second-order valence-electron chi connectivity index (χ2n) is 6.98. The SMILES string of the molecule is CCc1ccccc1NC(=O)CNC(=O)CN1C[C@H](C)C[C@H](C)C1. The van der Waals surface area contributed by atoms with Gasteiger partial charge in [0.15, 0.2) is 0 Å². The Bertz CT molecular complexity index is 563. The molecule has 0 saturated carbocycles. The zero-order valence-corrected chi connectivity index (χ0v) is 15.0. The average Bonchev–Trinajstić information content (AvgIpc) is 2.52. The average molecular weight is 331 g/mol. The zero-order chi connectivity index (χ0) is 17.5. The number of nitrogens with zero attached hydrogens (tertiary/aromatic N) is 1. The molecule has 1 fully saturated rings. The number of aryl methyl sites for hydroxylation is 1. The molecule has 1 aliphatic heterocycles. The molecular formula is C19H29N3O2. The molecule has 2 amide bonds. The van der Waals surface area contributed by atoms with Gasteiger partial charge in [0.05, 0.1) is 13.1 Å². The Morgan fingerprint density at radius 1 is 1.12 bits per heavy atom. The number of carbonyl (C=O) groups excluding carboxylic acids is 2. The lowest BCUT2D eigenvalue weighted by Gasteiger charge is -2.34. The van der Waals surface area contributed by atoms with Gasteiger partial charge in [0.25, 0.3) is 0 Å². The number of carbonyl (C=O) groups is 2. The van der Waals surface area contributed by atoms with Gasteiger partial charge in [0.1, 0.15) is 0 Å². The van der Waals surface area contributed by atoms with Crippen LogP contribution in [0.4, 0.5) is 5.69 Å². The fraction of sp³-hybridized carbons (Fsp3) is 0.579. The summed E-state index contributed by atoms with van der Waals surface area (Å²) >= 11 is 0. The predicted molar refractivity (Wildman–Crippen MR) is 96.8 cm³/mol. The van der Waals surface area contributed by atoms with Gasteiger partial charge < -0.3 is 10.6 Å². The van der Waals surface area contributed by atoms with E-state index in [0.717, 1.165) is 30.8 Å². The predicted octanol–water partition coefficient (Wildman–Crippen LogP) is 2.28. The smallest absolute Gasteiger partial charge is 0.243 e. The minimum Gasteiger partial charge on any atom is -0.346 e. The molecule has 1 heterocycles. The lowest BCUT2D eigenvalue weighted by Crippen LogP contribution is -2.45. The lowest BCUT2D eigenvalue weighted by atomic mass is 9.92. The molecule has 5 nitrogen and oxygen atoms in total. The molecular weight excluding hydrogens is 302 g/mol. The Balaban J connectivity index is 1.76. The van der Waals surface area contributed by atoms with Gasteiger partial charge in [-0.1, -0.05) is 39.0 Å². The van der Waals surface area contributed by atoms with Crippen LogP contribution in [0.25, 0.3) is 0 Å². The summed E-state index contributed by atoms with van der Waals surface area (Å²) in [5.74, 6) is 0.964. The quantitative estimate of drug-likeness (QED) is 0.841. The maximum absolute atomic E-state index is 12.1. The van der Waals surface area contributed by atoms with E-state index in [2.05, 4.69) is 29.4 Å². The van der Waals surface area contributed by atoms with Gasteiger partial charge in [-0.2, -0.15) is 0 Å². The first-order valence-electron chi connectivity index (χ1n) is 8.84. The molecule has 0 bridgehead atoms. The normalized spacial score (nSPS) is 21.3. The van der Waals surface area contributed by atoms with E-state index in [1.165, 1.54) is 6.42 Å². The highest BCUT2D eigenvalue weighted by Gasteiger charge is 2.23. The Labute approximate surface area is 144 Å². The summed E-state index contributed by atoms with van der Waals surface area (Å²) in [6.45, 7) is 8.77. The Morgan fingerprint density at radius 2 is 1.79 bits per heavy atom. The van der Waals surface area contributed by atoms with E-state index in [0.29, 0.717) is 18.4 Å². The summed E-state index contributed by atoms with van der Waals surface area (Å²) in [6.07, 6.45) is 2.07. The summed E-state index contributed by atoms with van der Waals surface area (Å²) in [5, 5.41) is 5.59. The molecule has 1 saturated heterocycles. The summed E-state index contributed by atoms with van der Waals surface area (Å²) in [4.78, 5) is 26.3. The molecule has 132 valence electrons. The standard InChI is InChI=1S/C19H29N3O2/c1-4-16-7-5-6-8-17(16)21-18(23)10-20-19(24)13-22-11-14(2)9-15(3)12-22/h5-8,14-15H,4,9-13H2,1-3H3,(H,20,24)(H,21,23)/t14-,15+. The molecule has 1 aromatic rings. The fourth-order valence-corrected chi connectivity index (χ4v) is 3.50. The molecule has 0 spiro atoms. The Morgan fingerprint density at radius 3 is 2.46 bits per heavy atom. The van der Waals surface area contributed by atoms with Crippen molar-refractivity contribution in [3.63, 3.8) is 0 Å². The maximum atomic E-state index is 12.1. The van der Waals surface area contributed by atoms with Crippen molar-refractivity contribution in [1.29, 1.82) is 0 Å². The van der Waals surface area contributed by atoms with Crippen molar-refractivity contribution in [2.75, 3.05) is 31.5 Å². The molecule has 0 radical (unpaired) electrons. The van der Waals surface area contributed by atoms with Gasteiger partial charge in [-0.3, -0.25) is 14.5 Å². The number of amides is 2. The van der Waals surface area contributed by atoms with Gasteiger partial charge in [-0.05, 0) is 36.3 Å². The van der Waals surface area contributed by atoms with Crippen LogP contribution in [0.3, 0.4) is 0 Å². The van der Waals surface area contributed by atoms with Crippen molar-refractivity contribution in [1.82, 2.24) is 10.2 Å². The van der Waals surface area contributed by atoms with Crippen molar-refractivity contribution >= 4 is 17.5 Å². The van der Waals surface area contributed by atoms with Gasteiger partial charge in [-0.15, -0.1) is 0 Å². The first-order chi connectivity index (χ1) is 11.5. The van der Waals surface area contributed by atoms with E-state index in [1.807, 2.05) is 31.2 Å². The molecule has 2 N–H and O–H groups in total. The van der Waals surface area contributed by atoms with Crippen molar-refractivity contribution < 1.29 is 9.59 Å². The van der Waals surface area contributed by atoms with Crippen LogP contribution >= 0.6 is 0 Å². The van der Waals surface area contributed by atoms with Crippen molar-refractivity contribution in [3.8, 4) is 0 Å². The van der Waals surface area contributed by atoms with Crippen molar-refractivity contribution in [2.24, 2.45) is 11.8 Å². The topological polar surface area (TPSA) is 61.4 Å². The summed E-state index contributed by atoms with van der Waals surface area (Å²) < 4.78 is 0. The van der Waals surface area contributed by atoms with Crippen LogP contribution in [0.5, 0.6) is 0 Å². The van der Waals surface area contributed by atoms with Crippen LogP contribution in [-0.4, -0.2) is 42.9 Å². The van der Waals surface area contributed by atoms with Crippen molar-refractivity contribution in [2.45, 2.75) is 33.6 Å². The second kappa shape index (κ2) is 8.83. The zero-order valence-electron chi connectivity index (χ0n) is 15.0. The minimum absolute atomic E-state index is 0.00975. The lowest BCUT2D eigenvalue weighted by molar-refractivity contribution is -0.125. The first-order valence-corrected chi connectivity index (χ1v) is 8.84. The second-order valence-corrected chi connectivity index (χ2v) is 6.98. The van der Waals surface area contributed by atoms with E-state index in [1.54, 1.807) is 0 Å². The third-order valence-electron chi connectivity index (χ3n) is 4.43. The highest BCUT2D eigenvalue weighted by Crippen LogP contribution is 2.20. The highest BCUT2D eigenvalue weighted by atomic mass is 16.2. The van der Waals surface area contributed by atoms with E-state index < -0.39 is 0 Å². The van der Waals surface area contributed by atoms with Crippen molar-refractivity contribution in [3.05, 3.63) is 29.8 Å². The molecule has 0 aliphatic carbocycles. The van der Waals surface area contributed by atoms with Gasteiger partial charge in [-0.25, -0.2) is 0 Å². The highest BCUT2D eigenvalue weighted by molar-refractivity contribution is 5.95. The number of hydrogen-bond acceptors (Lipinski definition) is 3. The minimum atomic E-state index is -0.190. The fourth-order valence-electron chi connectivity index (χ4n) is 3.50. The van der Waals surface area contributed by atoms with Crippen LogP contribution in [0.1, 0.15) is 32.8 Å².